The second-order valence-corrected chi connectivity index (χ2v) is 5.63. The highest BCUT2D eigenvalue weighted by atomic mass is 16.5. The van der Waals surface area contributed by atoms with E-state index in [0.717, 1.165) is 29.7 Å². The van der Waals surface area contributed by atoms with Crippen molar-refractivity contribution in [2.24, 2.45) is 11.8 Å². The lowest BCUT2D eigenvalue weighted by Crippen LogP contribution is -2.27. The van der Waals surface area contributed by atoms with Crippen molar-refractivity contribution in [2.75, 3.05) is 7.11 Å². The van der Waals surface area contributed by atoms with Crippen LogP contribution in [0.4, 0.5) is 0 Å². The number of aryl methyl sites for hydroxylation is 1. The Morgan fingerprint density at radius 1 is 1.32 bits per heavy atom. The van der Waals surface area contributed by atoms with Crippen molar-refractivity contribution in [3.05, 3.63) is 29.3 Å². The third kappa shape index (κ3) is 2.99. The molecular formula is C17H24O2. The molecule has 0 saturated heterocycles. The Labute approximate surface area is 116 Å². The standard InChI is InChI=1S/C17H24O2/c1-4-13-7-5-6-8-14(13)17(18)15-10-9-12(2)11-16(15)19-3/h9-11,13-14H,4-8H2,1-3H3. The molecule has 1 aliphatic rings. The maximum Gasteiger partial charge on any atom is 0.169 e. The van der Waals surface area contributed by atoms with E-state index in [9.17, 15) is 4.79 Å². The van der Waals surface area contributed by atoms with Crippen LogP contribution in [-0.4, -0.2) is 12.9 Å². The predicted molar refractivity (Wildman–Crippen MR) is 77.8 cm³/mol. The van der Waals surface area contributed by atoms with Crippen LogP contribution < -0.4 is 4.74 Å². The molecule has 1 fully saturated rings. The Kier molecular flexibility index (Phi) is 4.62. The van der Waals surface area contributed by atoms with Crippen molar-refractivity contribution < 1.29 is 9.53 Å². The van der Waals surface area contributed by atoms with Gasteiger partial charge in [-0.25, -0.2) is 0 Å². The minimum atomic E-state index is 0.190. The molecule has 2 heteroatoms. The van der Waals surface area contributed by atoms with E-state index >= 15 is 0 Å². The average Bonchev–Trinajstić information content (AvgIpc) is 2.46. The molecule has 0 heterocycles. The third-order valence-electron chi connectivity index (χ3n) is 4.39. The highest BCUT2D eigenvalue weighted by Crippen LogP contribution is 2.36. The molecule has 2 nitrogen and oxygen atoms in total. The molecule has 0 aromatic heterocycles. The monoisotopic (exact) mass is 260 g/mol. The fraction of sp³-hybridized carbons (Fsp3) is 0.588. The normalized spacial score (nSPS) is 23.1. The second-order valence-electron chi connectivity index (χ2n) is 5.63. The topological polar surface area (TPSA) is 26.3 Å². The maximum absolute atomic E-state index is 12.8. The molecule has 0 aliphatic heterocycles. The highest BCUT2D eigenvalue weighted by molar-refractivity contribution is 6.00. The van der Waals surface area contributed by atoms with Gasteiger partial charge in [0.15, 0.2) is 5.78 Å². The summed E-state index contributed by atoms with van der Waals surface area (Å²) in [6.45, 7) is 4.22. The van der Waals surface area contributed by atoms with Crippen LogP contribution in [-0.2, 0) is 0 Å². The van der Waals surface area contributed by atoms with Gasteiger partial charge in [0.05, 0.1) is 12.7 Å². The molecule has 2 unspecified atom stereocenters. The third-order valence-corrected chi connectivity index (χ3v) is 4.39. The molecule has 1 aromatic carbocycles. The van der Waals surface area contributed by atoms with Crippen LogP contribution in [0, 0.1) is 18.8 Å². The second kappa shape index (κ2) is 6.23. The molecule has 1 saturated carbocycles. The molecule has 2 rings (SSSR count). The van der Waals surface area contributed by atoms with Gasteiger partial charge >= 0.3 is 0 Å². The maximum atomic E-state index is 12.8. The van der Waals surface area contributed by atoms with Gasteiger partial charge in [-0.05, 0) is 43.4 Å². The quantitative estimate of drug-likeness (QED) is 0.750. The predicted octanol–water partition coefficient (Wildman–Crippen LogP) is 4.40. The summed E-state index contributed by atoms with van der Waals surface area (Å²) >= 11 is 0. The van der Waals surface area contributed by atoms with Crippen LogP contribution in [0.2, 0.25) is 0 Å². The van der Waals surface area contributed by atoms with Gasteiger partial charge in [-0.3, -0.25) is 4.79 Å². The summed E-state index contributed by atoms with van der Waals surface area (Å²) in [5.41, 5.74) is 1.89. The van der Waals surface area contributed by atoms with Gasteiger partial charge in [-0.2, -0.15) is 0 Å². The Bertz CT molecular complexity index is 451. The lowest BCUT2D eigenvalue weighted by molar-refractivity contribution is 0.0817. The van der Waals surface area contributed by atoms with E-state index in [0.29, 0.717) is 5.92 Å². The van der Waals surface area contributed by atoms with Gasteiger partial charge in [-0.15, -0.1) is 0 Å². The van der Waals surface area contributed by atoms with Crippen molar-refractivity contribution in [1.82, 2.24) is 0 Å². The highest BCUT2D eigenvalue weighted by Gasteiger charge is 2.31. The van der Waals surface area contributed by atoms with Crippen LogP contribution in [0.5, 0.6) is 5.75 Å². The van der Waals surface area contributed by atoms with Crippen LogP contribution in [0.3, 0.4) is 0 Å². The Morgan fingerprint density at radius 2 is 2.05 bits per heavy atom. The lowest BCUT2D eigenvalue weighted by atomic mass is 9.74. The minimum Gasteiger partial charge on any atom is -0.496 e. The summed E-state index contributed by atoms with van der Waals surface area (Å²) in [5, 5.41) is 0. The molecule has 1 aromatic rings. The molecule has 2 atom stereocenters. The smallest absolute Gasteiger partial charge is 0.169 e. The van der Waals surface area contributed by atoms with Crippen LogP contribution >= 0.6 is 0 Å². The number of rotatable bonds is 4. The minimum absolute atomic E-state index is 0.190. The number of carbonyl (C=O) groups is 1. The molecule has 1 aliphatic carbocycles. The Balaban J connectivity index is 2.27. The van der Waals surface area contributed by atoms with Crippen molar-refractivity contribution in [1.29, 1.82) is 0 Å². The molecule has 0 spiro atoms. The van der Waals surface area contributed by atoms with E-state index in [4.69, 9.17) is 4.74 Å². The van der Waals surface area contributed by atoms with Crippen molar-refractivity contribution >= 4 is 5.78 Å². The Morgan fingerprint density at radius 3 is 2.74 bits per heavy atom. The SMILES string of the molecule is CCC1CCCCC1C(=O)c1ccc(C)cc1OC. The first-order chi connectivity index (χ1) is 9.17. The van der Waals surface area contributed by atoms with E-state index in [-0.39, 0.29) is 11.7 Å². The zero-order valence-electron chi connectivity index (χ0n) is 12.2. The molecule has 0 N–H and O–H groups in total. The number of hydrogen-bond acceptors (Lipinski definition) is 2. The van der Waals surface area contributed by atoms with Gasteiger partial charge < -0.3 is 4.74 Å². The van der Waals surface area contributed by atoms with Gasteiger partial charge in [0, 0.05) is 5.92 Å². The van der Waals surface area contributed by atoms with E-state index in [1.54, 1.807) is 7.11 Å². The summed E-state index contributed by atoms with van der Waals surface area (Å²) in [6.07, 6.45) is 5.79. The van der Waals surface area contributed by atoms with Gasteiger partial charge in [0.2, 0.25) is 0 Å². The largest absolute Gasteiger partial charge is 0.496 e. The summed E-state index contributed by atoms with van der Waals surface area (Å²) in [4.78, 5) is 12.8. The van der Waals surface area contributed by atoms with E-state index in [2.05, 4.69) is 6.92 Å². The van der Waals surface area contributed by atoms with Crippen molar-refractivity contribution in [3.63, 3.8) is 0 Å². The molecule has 0 bridgehead atoms. The first kappa shape index (κ1) is 14.1. The molecule has 19 heavy (non-hydrogen) atoms. The Hall–Kier alpha value is -1.31. The first-order valence-corrected chi connectivity index (χ1v) is 7.36. The number of ether oxygens (including phenoxy) is 1. The summed E-state index contributed by atoms with van der Waals surface area (Å²) in [6, 6.07) is 5.88. The lowest BCUT2D eigenvalue weighted by Gasteiger charge is -2.30. The van der Waals surface area contributed by atoms with E-state index < -0.39 is 0 Å². The van der Waals surface area contributed by atoms with Crippen LogP contribution in [0.15, 0.2) is 18.2 Å². The summed E-state index contributed by atoms with van der Waals surface area (Å²) in [7, 11) is 1.64. The van der Waals surface area contributed by atoms with Crippen LogP contribution in [0.25, 0.3) is 0 Å². The number of methoxy groups -OCH3 is 1. The van der Waals surface area contributed by atoms with E-state index in [1.807, 2.05) is 25.1 Å². The van der Waals surface area contributed by atoms with Crippen molar-refractivity contribution in [2.45, 2.75) is 46.0 Å². The van der Waals surface area contributed by atoms with Gasteiger partial charge in [0.25, 0.3) is 0 Å². The fourth-order valence-electron chi connectivity index (χ4n) is 3.24. The van der Waals surface area contributed by atoms with Gasteiger partial charge in [-0.1, -0.05) is 32.3 Å². The fourth-order valence-corrected chi connectivity index (χ4v) is 3.24. The molecule has 104 valence electrons. The van der Waals surface area contributed by atoms with Gasteiger partial charge in [0.1, 0.15) is 5.75 Å². The average molecular weight is 260 g/mol. The van der Waals surface area contributed by atoms with Crippen LogP contribution in [0.1, 0.15) is 54.9 Å². The number of ketones is 1. The number of carbonyl (C=O) groups excluding carboxylic acids is 1. The molecule has 0 amide bonds. The number of hydrogen-bond donors (Lipinski definition) is 0. The summed E-state index contributed by atoms with van der Waals surface area (Å²) in [5.74, 6) is 1.75. The van der Waals surface area contributed by atoms with Crippen molar-refractivity contribution in [3.8, 4) is 5.75 Å². The first-order valence-electron chi connectivity index (χ1n) is 7.36. The zero-order chi connectivity index (χ0) is 13.8. The summed E-state index contributed by atoms with van der Waals surface area (Å²) < 4.78 is 5.39. The molecule has 0 radical (unpaired) electrons. The van der Waals surface area contributed by atoms with E-state index in [1.165, 1.54) is 19.3 Å². The number of Topliss-reactive ketones (excluding diaryl/α,β-unsaturated/α-hetero) is 1. The zero-order valence-corrected chi connectivity index (χ0v) is 12.2. The number of benzene rings is 1. The molecular weight excluding hydrogens is 236 g/mol.